The second-order valence-electron chi connectivity index (χ2n) is 4.47. The third-order valence-corrected chi connectivity index (χ3v) is 3.19. The second-order valence-corrected chi connectivity index (χ2v) is 4.47. The molecule has 1 aromatic heterocycles. The number of aromatic hydroxyl groups is 1. The van der Waals surface area contributed by atoms with E-state index in [9.17, 15) is 9.90 Å². The van der Waals surface area contributed by atoms with Gasteiger partial charge < -0.3 is 16.2 Å². The second kappa shape index (κ2) is 4.34. The first kappa shape index (κ1) is 12.2. The van der Waals surface area contributed by atoms with Crippen molar-refractivity contribution < 1.29 is 9.90 Å². The number of nitrogens with two attached hydrogens (primary N) is 1. The van der Waals surface area contributed by atoms with Gasteiger partial charge in [0.25, 0.3) is 0 Å². The van der Waals surface area contributed by atoms with E-state index < -0.39 is 11.9 Å². The van der Waals surface area contributed by atoms with E-state index in [-0.39, 0.29) is 5.75 Å². The van der Waals surface area contributed by atoms with E-state index in [2.05, 4.69) is 20.8 Å². The summed E-state index contributed by atoms with van der Waals surface area (Å²) in [5.74, 6) is 0.0285. The van der Waals surface area contributed by atoms with Crippen molar-refractivity contribution in [1.29, 1.82) is 0 Å². The molecule has 0 aliphatic carbocycles. The standard InChI is InChI=1S/C12H12N6O2/c1-6-9(11(13)20)10(7-2-4-8(19)5-3-7)18-12(14-6)15-16-17-18/h2-5,10,19H,1H3,(H2,13,20)(H,14,15,17)/t10-/m0/s1. The topological polar surface area (TPSA) is 119 Å². The van der Waals surface area contributed by atoms with Gasteiger partial charge in [-0.2, -0.15) is 4.68 Å². The summed E-state index contributed by atoms with van der Waals surface area (Å²) in [4.78, 5) is 11.7. The Morgan fingerprint density at radius 1 is 1.40 bits per heavy atom. The molecule has 2 aromatic rings. The molecule has 0 bridgehead atoms. The van der Waals surface area contributed by atoms with Gasteiger partial charge in [0.05, 0.1) is 5.57 Å². The quantitative estimate of drug-likeness (QED) is 0.716. The van der Waals surface area contributed by atoms with Crippen molar-refractivity contribution in [2.24, 2.45) is 5.73 Å². The molecule has 1 aromatic carbocycles. The van der Waals surface area contributed by atoms with Crippen molar-refractivity contribution in [3.8, 4) is 5.75 Å². The molecule has 102 valence electrons. The van der Waals surface area contributed by atoms with E-state index in [0.717, 1.165) is 5.56 Å². The number of nitrogens with zero attached hydrogens (tertiary/aromatic N) is 4. The van der Waals surface area contributed by atoms with Gasteiger partial charge in [0.2, 0.25) is 11.9 Å². The molecule has 1 amide bonds. The fourth-order valence-corrected chi connectivity index (χ4v) is 2.30. The highest BCUT2D eigenvalue weighted by molar-refractivity contribution is 5.95. The number of anilines is 1. The molecule has 1 aliphatic heterocycles. The monoisotopic (exact) mass is 272 g/mol. The average Bonchev–Trinajstić information content (AvgIpc) is 2.85. The lowest BCUT2D eigenvalue weighted by molar-refractivity contribution is -0.115. The maximum absolute atomic E-state index is 11.7. The highest BCUT2D eigenvalue weighted by Gasteiger charge is 2.32. The Kier molecular flexibility index (Phi) is 2.63. The Hall–Kier alpha value is -2.90. The number of benzene rings is 1. The first-order valence-electron chi connectivity index (χ1n) is 5.92. The number of carbonyl (C=O) groups excluding carboxylic acids is 1. The number of tetrazole rings is 1. The molecule has 8 nitrogen and oxygen atoms in total. The van der Waals surface area contributed by atoms with Gasteiger partial charge in [-0.3, -0.25) is 4.79 Å². The Labute approximate surface area is 113 Å². The van der Waals surface area contributed by atoms with Crippen LogP contribution in [0.1, 0.15) is 18.5 Å². The summed E-state index contributed by atoms with van der Waals surface area (Å²) in [5.41, 5.74) is 7.22. The lowest BCUT2D eigenvalue weighted by Gasteiger charge is -2.26. The van der Waals surface area contributed by atoms with E-state index in [0.29, 0.717) is 17.2 Å². The molecule has 20 heavy (non-hydrogen) atoms. The van der Waals surface area contributed by atoms with Crippen molar-refractivity contribution in [2.45, 2.75) is 13.0 Å². The molecule has 3 rings (SSSR count). The zero-order chi connectivity index (χ0) is 14.3. The van der Waals surface area contributed by atoms with Crippen molar-refractivity contribution in [2.75, 3.05) is 5.32 Å². The molecule has 1 atom stereocenters. The van der Waals surface area contributed by atoms with Crippen molar-refractivity contribution in [3.63, 3.8) is 0 Å². The Morgan fingerprint density at radius 2 is 2.10 bits per heavy atom. The highest BCUT2D eigenvalue weighted by atomic mass is 16.3. The SMILES string of the molecule is CC1=C(C(N)=O)[C@H](c2ccc(O)cc2)n2nnnc2N1. The largest absolute Gasteiger partial charge is 0.508 e. The summed E-state index contributed by atoms with van der Waals surface area (Å²) < 4.78 is 1.49. The number of phenolic OH excluding ortho intramolecular Hbond substituents is 1. The molecule has 4 N–H and O–H groups in total. The van der Waals surface area contributed by atoms with Gasteiger partial charge in [-0.05, 0) is 35.0 Å². The van der Waals surface area contributed by atoms with Crippen LogP contribution in [0.4, 0.5) is 5.95 Å². The number of phenols is 1. The van der Waals surface area contributed by atoms with Crippen LogP contribution in [0.2, 0.25) is 0 Å². The minimum absolute atomic E-state index is 0.140. The molecule has 8 heteroatoms. The predicted molar refractivity (Wildman–Crippen MR) is 69.6 cm³/mol. The summed E-state index contributed by atoms with van der Waals surface area (Å²) in [6.07, 6.45) is 0. The van der Waals surface area contributed by atoms with E-state index in [1.807, 2.05) is 0 Å². The van der Waals surface area contributed by atoms with Crippen molar-refractivity contribution >= 4 is 11.9 Å². The Morgan fingerprint density at radius 3 is 2.75 bits per heavy atom. The van der Waals surface area contributed by atoms with Crippen LogP contribution in [-0.2, 0) is 4.79 Å². The molecular formula is C12H12N6O2. The minimum Gasteiger partial charge on any atom is -0.508 e. The van der Waals surface area contributed by atoms with Gasteiger partial charge in [0.15, 0.2) is 0 Å². The van der Waals surface area contributed by atoms with Gasteiger partial charge in [-0.15, -0.1) is 0 Å². The number of nitrogens with one attached hydrogen (secondary N) is 1. The number of hydrogen-bond donors (Lipinski definition) is 3. The normalized spacial score (nSPS) is 17.6. The van der Waals surface area contributed by atoms with Crippen LogP contribution in [0.3, 0.4) is 0 Å². The zero-order valence-electron chi connectivity index (χ0n) is 10.6. The maximum atomic E-state index is 11.7. The lowest BCUT2D eigenvalue weighted by Crippen LogP contribution is -2.31. The maximum Gasteiger partial charge on any atom is 0.248 e. The summed E-state index contributed by atoms with van der Waals surface area (Å²) in [5, 5.41) is 23.7. The van der Waals surface area contributed by atoms with Crippen molar-refractivity contribution in [1.82, 2.24) is 20.2 Å². The number of aromatic nitrogens is 4. The lowest BCUT2D eigenvalue weighted by atomic mass is 9.95. The molecule has 0 saturated carbocycles. The van der Waals surface area contributed by atoms with Gasteiger partial charge in [-0.1, -0.05) is 17.2 Å². The molecular weight excluding hydrogens is 260 g/mol. The molecule has 0 saturated heterocycles. The smallest absolute Gasteiger partial charge is 0.248 e. The third-order valence-electron chi connectivity index (χ3n) is 3.19. The van der Waals surface area contributed by atoms with Crippen LogP contribution in [0.5, 0.6) is 5.75 Å². The number of primary amides is 1. The number of fused-ring (bicyclic) bond motifs is 1. The molecule has 0 spiro atoms. The van der Waals surface area contributed by atoms with Gasteiger partial charge >= 0.3 is 0 Å². The molecule has 0 fully saturated rings. The van der Waals surface area contributed by atoms with Gasteiger partial charge in [-0.25, -0.2) is 0 Å². The number of allylic oxidation sites excluding steroid dienone is 1. The zero-order valence-corrected chi connectivity index (χ0v) is 10.6. The van der Waals surface area contributed by atoms with Gasteiger partial charge in [0, 0.05) is 5.70 Å². The number of hydrogen-bond acceptors (Lipinski definition) is 6. The van der Waals surface area contributed by atoms with E-state index in [1.54, 1.807) is 19.1 Å². The fourth-order valence-electron chi connectivity index (χ4n) is 2.30. The molecule has 0 radical (unpaired) electrons. The minimum atomic E-state index is -0.547. The van der Waals surface area contributed by atoms with E-state index >= 15 is 0 Å². The van der Waals surface area contributed by atoms with Crippen molar-refractivity contribution in [3.05, 3.63) is 41.1 Å². The summed E-state index contributed by atoms with van der Waals surface area (Å²) >= 11 is 0. The number of rotatable bonds is 2. The van der Waals surface area contributed by atoms with E-state index in [1.165, 1.54) is 16.8 Å². The molecule has 1 aliphatic rings. The van der Waals surface area contributed by atoms with Crippen LogP contribution < -0.4 is 11.1 Å². The highest BCUT2D eigenvalue weighted by Crippen LogP contribution is 2.34. The fraction of sp³-hybridized carbons (Fsp3) is 0.167. The summed E-state index contributed by atoms with van der Waals surface area (Å²) in [6.45, 7) is 1.74. The van der Waals surface area contributed by atoms with Crippen LogP contribution in [-0.4, -0.2) is 31.2 Å². The predicted octanol–water partition coefficient (Wildman–Crippen LogP) is 0.153. The Balaban J connectivity index is 2.19. The number of carbonyl (C=O) groups is 1. The first-order valence-corrected chi connectivity index (χ1v) is 5.92. The first-order chi connectivity index (χ1) is 9.58. The summed E-state index contributed by atoms with van der Waals surface area (Å²) in [6, 6.07) is 5.96. The van der Waals surface area contributed by atoms with Gasteiger partial charge in [0.1, 0.15) is 11.8 Å². The van der Waals surface area contributed by atoms with Crippen LogP contribution >= 0.6 is 0 Å². The third kappa shape index (κ3) is 1.78. The number of amides is 1. The van der Waals surface area contributed by atoms with Crippen LogP contribution in [0.25, 0.3) is 0 Å². The average molecular weight is 272 g/mol. The van der Waals surface area contributed by atoms with Crippen LogP contribution in [0, 0.1) is 0 Å². The Bertz CT molecular complexity index is 703. The van der Waals surface area contributed by atoms with Crippen LogP contribution in [0.15, 0.2) is 35.5 Å². The molecule has 2 heterocycles. The van der Waals surface area contributed by atoms with E-state index in [4.69, 9.17) is 5.73 Å². The summed E-state index contributed by atoms with van der Waals surface area (Å²) in [7, 11) is 0. The molecule has 0 unspecified atom stereocenters.